The monoisotopic (exact) mass is 506 g/mol. The molecule has 0 fully saturated rings. The number of benzene rings is 2. The highest BCUT2D eigenvalue weighted by Crippen LogP contribution is 2.35. The molecular weight excluding hydrogens is 495 g/mol. The molecule has 1 aromatic heterocycles. The van der Waals surface area contributed by atoms with Gasteiger partial charge in [0.15, 0.2) is 22.3 Å². The molecule has 0 saturated carbocycles. The molecule has 3 N–H and O–H groups in total. The third-order valence-corrected chi connectivity index (χ3v) is 4.64. The van der Waals surface area contributed by atoms with Gasteiger partial charge in [-0.25, -0.2) is 13.8 Å². The SMILES string of the molecule is NC(=O)c1c(F)ccc(O[C@@H](CO)c2nc(-c3ccc(C(F)(F)F)cc3)c(Br)o2)c1F. The summed E-state index contributed by atoms with van der Waals surface area (Å²) in [6.07, 6.45) is -5.90. The van der Waals surface area contributed by atoms with Crippen LogP contribution in [0.3, 0.4) is 0 Å². The van der Waals surface area contributed by atoms with Crippen LogP contribution in [0.4, 0.5) is 22.0 Å². The highest BCUT2D eigenvalue weighted by Gasteiger charge is 2.31. The first kappa shape index (κ1) is 22.7. The van der Waals surface area contributed by atoms with Gasteiger partial charge in [-0.3, -0.25) is 4.79 Å². The van der Waals surface area contributed by atoms with Crippen LogP contribution in [0.5, 0.6) is 5.75 Å². The van der Waals surface area contributed by atoms with Crippen molar-refractivity contribution in [1.82, 2.24) is 4.98 Å². The smallest absolute Gasteiger partial charge is 0.416 e. The van der Waals surface area contributed by atoms with Crippen LogP contribution in [-0.2, 0) is 6.18 Å². The predicted molar refractivity (Wildman–Crippen MR) is 100.0 cm³/mol. The van der Waals surface area contributed by atoms with Crippen molar-refractivity contribution in [2.45, 2.75) is 12.3 Å². The molecule has 0 saturated heterocycles. The number of carbonyl (C=O) groups excluding carboxylic acids is 1. The summed E-state index contributed by atoms with van der Waals surface area (Å²) < 4.78 is 76.8. The van der Waals surface area contributed by atoms with Crippen LogP contribution in [-0.4, -0.2) is 22.6 Å². The number of oxazole rings is 1. The van der Waals surface area contributed by atoms with E-state index in [2.05, 4.69) is 20.9 Å². The van der Waals surface area contributed by atoms with Gasteiger partial charge >= 0.3 is 6.18 Å². The topological polar surface area (TPSA) is 98.6 Å². The third kappa shape index (κ3) is 4.69. The summed E-state index contributed by atoms with van der Waals surface area (Å²) >= 11 is 3.08. The second-order valence-corrected chi connectivity index (χ2v) is 6.86. The minimum absolute atomic E-state index is 0.0155. The summed E-state index contributed by atoms with van der Waals surface area (Å²) in [6.45, 7) is -0.762. The summed E-state index contributed by atoms with van der Waals surface area (Å²) in [4.78, 5) is 15.3. The Kier molecular flexibility index (Phi) is 6.32. The average molecular weight is 507 g/mol. The van der Waals surface area contributed by atoms with Gasteiger partial charge in [-0.2, -0.15) is 13.2 Å². The Labute approximate surface area is 179 Å². The fourth-order valence-electron chi connectivity index (χ4n) is 2.62. The standard InChI is InChI=1S/C19H12BrF5N2O4/c20-16-15(8-1-3-9(4-2-8)19(23,24)25)27-18(31-16)12(7-28)30-11-6-5-10(21)13(14(11)22)17(26)29/h1-6,12,28H,7H2,(H2,26,29)/t12-/m0/s1. The molecule has 31 heavy (non-hydrogen) atoms. The Hall–Kier alpha value is -2.99. The second-order valence-electron chi connectivity index (χ2n) is 6.14. The molecule has 0 unspecified atom stereocenters. The number of primary amides is 1. The summed E-state index contributed by atoms with van der Waals surface area (Å²) in [5.41, 5.74) is 3.44. The lowest BCUT2D eigenvalue weighted by molar-refractivity contribution is -0.137. The zero-order valence-electron chi connectivity index (χ0n) is 15.2. The summed E-state index contributed by atoms with van der Waals surface area (Å²) in [6, 6.07) is 5.69. The van der Waals surface area contributed by atoms with E-state index in [0.717, 1.165) is 24.3 Å². The highest BCUT2D eigenvalue weighted by molar-refractivity contribution is 9.10. The van der Waals surface area contributed by atoms with Crippen LogP contribution in [0.25, 0.3) is 11.3 Å². The van der Waals surface area contributed by atoms with Crippen LogP contribution in [0.1, 0.15) is 27.9 Å². The van der Waals surface area contributed by atoms with E-state index in [9.17, 15) is 31.9 Å². The number of halogens is 6. The van der Waals surface area contributed by atoms with Gasteiger partial charge in [0.1, 0.15) is 17.1 Å². The number of hydrogen-bond acceptors (Lipinski definition) is 5. The van der Waals surface area contributed by atoms with Crippen molar-refractivity contribution in [1.29, 1.82) is 0 Å². The predicted octanol–water partition coefficient (Wildman–Crippen LogP) is 4.61. The first-order valence-electron chi connectivity index (χ1n) is 8.42. The Morgan fingerprint density at radius 1 is 1.19 bits per heavy atom. The molecule has 1 heterocycles. The molecule has 1 atom stereocenters. The van der Waals surface area contributed by atoms with Gasteiger partial charge in [0.05, 0.1) is 12.2 Å². The zero-order valence-corrected chi connectivity index (χ0v) is 16.8. The van der Waals surface area contributed by atoms with E-state index < -0.39 is 53.3 Å². The molecule has 1 amide bonds. The van der Waals surface area contributed by atoms with Crippen LogP contribution >= 0.6 is 15.9 Å². The molecule has 0 aliphatic carbocycles. The highest BCUT2D eigenvalue weighted by atomic mass is 79.9. The van der Waals surface area contributed by atoms with Gasteiger partial charge < -0.3 is 20.0 Å². The number of aromatic nitrogens is 1. The quantitative estimate of drug-likeness (QED) is 0.475. The molecule has 0 aliphatic rings. The molecule has 0 spiro atoms. The number of alkyl halides is 3. The number of amides is 1. The van der Waals surface area contributed by atoms with Crippen molar-refractivity contribution in [3.05, 3.63) is 69.7 Å². The van der Waals surface area contributed by atoms with Gasteiger partial charge in [-0.05, 0) is 40.2 Å². The number of rotatable bonds is 6. The van der Waals surface area contributed by atoms with Crippen molar-refractivity contribution >= 4 is 21.8 Å². The summed E-state index contributed by atoms with van der Waals surface area (Å²) in [7, 11) is 0. The van der Waals surface area contributed by atoms with Gasteiger partial charge in [0.2, 0.25) is 5.89 Å². The Bertz CT molecular complexity index is 1120. The Morgan fingerprint density at radius 3 is 2.39 bits per heavy atom. The lowest BCUT2D eigenvalue weighted by atomic mass is 10.1. The maximum Gasteiger partial charge on any atom is 0.416 e. The van der Waals surface area contributed by atoms with E-state index in [-0.39, 0.29) is 21.8 Å². The lowest BCUT2D eigenvalue weighted by Gasteiger charge is -2.15. The van der Waals surface area contributed by atoms with Crippen LogP contribution < -0.4 is 10.5 Å². The number of ether oxygens (including phenoxy) is 1. The average Bonchev–Trinajstić information content (AvgIpc) is 3.08. The fraction of sp³-hybridized carbons (Fsp3) is 0.158. The molecule has 0 aliphatic heterocycles. The number of nitrogens with two attached hydrogens (primary N) is 1. The maximum absolute atomic E-state index is 14.4. The molecule has 2 aromatic carbocycles. The molecule has 3 aromatic rings. The van der Waals surface area contributed by atoms with E-state index in [4.69, 9.17) is 14.9 Å². The molecule has 3 rings (SSSR count). The third-order valence-electron chi connectivity index (χ3n) is 4.10. The lowest BCUT2D eigenvalue weighted by Crippen LogP contribution is -2.18. The van der Waals surface area contributed by atoms with E-state index >= 15 is 0 Å². The van der Waals surface area contributed by atoms with Crippen molar-refractivity contribution in [2.24, 2.45) is 5.73 Å². The van der Waals surface area contributed by atoms with Crippen molar-refractivity contribution in [3.8, 4) is 17.0 Å². The van der Waals surface area contributed by atoms with Gasteiger partial charge in [-0.1, -0.05) is 12.1 Å². The summed E-state index contributed by atoms with van der Waals surface area (Å²) in [5.74, 6) is -4.78. The normalized spacial score (nSPS) is 12.6. The van der Waals surface area contributed by atoms with Crippen LogP contribution in [0, 0.1) is 11.6 Å². The molecule has 0 bridgehead atoms. The zero-order chi connectivity index (χ0) is 22.9. The van der Waals surface area contributed by atoms with E-state index in [1.165, 1.54) is 12.1 Å². The maximum atomic E-state index is 14.4. The van der Waals surface area contributed by atoms with Crippen LogP contribution in [0.15, 0.2) is 45.5 Å². The van der Waals surface area contributed by atoms with E-state index in [0.29, 0.717) is 0 Å². The number of aliphatic hydroxyl groups excluding tert-OH is 1. The van der Waals surface area contributed by atoms with Gasteiger partial charge in [0.25, 0.3) is 5.91 Å². The molecule has 6 nitrogen and oxygen atoms in total. The second kappa shape index (κ2) is 8.63. The molecule has 164 valence electrons. The van der Waals surface area contributed by atoms with Gasteiger partial charge in [-0.15, -0.1) is 0 Å². The summed E-state index contributed by atoms with van der Waals surface area (Å²) in [5, 5.41) is 9.61. The molecule has 12 heteroatoms. The van der Waals surface area contributed by atoms with Crippen LogP contribution in [0.2, 0.25) is 0 Å². The Morgan fingerprint density at radius 2 is 1.84 bits per heavy atom. The van der Waals surface area contributed by atoms with Crippen molar-refractivity contribution in [3.63, 3.8) is 0 Å². The molecular formula is C19H12BrF5N2O4. The fourth-order valence-corrected chi connectivity index (χ4v) is 3.10. The number of hydrogen-bond donors (Lipinski definition) is 2. The van der Waals surface area contributed by atoms with Crippen molar-refractivity contribution < 1.29 is 41.0 Å². The van der Waals surface area contributed by atoms with Gasteiger partial charge in [0, 0.05) is 5.56 Å². The molecule has 0 radical (unpaired) electrons. The number of aliphatic hydroxyl groups is 1. The van der Waals surface area contributed by atoms with Crippen molar-refractivity contribution in [2.75, 3.05) is 6.61 Å². The minimum atomic E-state index is -4.51. The first-order valence-corrected chi connectivity index (χ1v) is 9.21. The van der Waals surface area contributed by atoms with E-state index in [1.54, 1.807) is 0 Å². The Balaban J connectivity index is 1.91. The largest absolute Gasteiger partial charge is 0.475 e. The minimum Gasteiger partial charge on any atom is -0.475 e. The number of carbonyl (C=O) groups is 1. The van der Waals surface area contributed by atoms with E-state index in [1.807, 2.05) is 0 Å². The number of nitrogens with zero attached hydrogens (tertiary/aromatic N) is 1. The first-order chi connectivity index (χ1) is 14.5.